The maximum absolute atomic E-state index is 12.9. The molecule has 0 aromatic heterocycles. The minimum Gasteiger partial charge on any atom is -0.462 e. The largest absolute Gasteiger partial charge is 0.462 e. The van der Waals surface area contributed by atoms with Gasteiger partial charge in [-0.2, -0.15) is 0 Å². The Morgan fingerprint density at radius 1 is 0.500 bits per heavy atom. The molecule has 362 valence electrons. The Labute approximate surface area is 371 Å². The molecule has 11 atom stereocenters. The fourth-order valence-corrected chi connectivity index (χ4v) is 7.35. The zero-order chi connectivity index (χ0) is 45.4. The number of rotatable bonds is 36. The van der Waals surface area contributed by atoms with Crippen LogP contribution in [0, 0.1) is 0 Å². The zero-order valence-electron chi connectivity index (χ0n) is 37.9. The number of carbonyl (C=O) groups excluding carboxylic acids is 2. The number of hydrogen-bond acceptors (Lipinski definition) is 15. The monoisotopic (exact) mass is 889 g/mol. The van der Waals surface area contributed by atoms with E-state index in [-0.39, 0.29) is 26.1 Å². The zero-order valence-corrected chi connectivity index (χ0v) is 37.9. The highest BCUT2D eigenvalue weighted by molar-refractivity contribution is 5.70. The smallest absolute Gasteiger partial charge is 0.306 e. The molecule has 0 saturated carbocycles. The van der Waals surface area contributed by atoms with Gasteiger partial charge in [0.05, 0.1) is 19.8 Å². The van der Waals surface area contributed by atoms with Crippen LogP contribution in [0.4, 0.5) is 0 Å². The molecule has 62 heavy (non-hydrogen) atoms. The molecule has 15 heteroatoms. The summed E-state index contributed by atoms with van der Waals surface area (Å²) < 4.78 is 33.5. The number of unbranched alkanes of at least 4 members (excludes halogenated alkanes) is 18. The van der Waals surface area contributed by atoms with Crippen molar-refractivity contribution in [2.75, 3.05) is 26.4 Å². The molecule has 2 aliphatic rings. The number of esters is 2. The minimum absolute atomic E-state index is 0.155. The van der Waals surface area contributed by atoms with E-state index in [4.69, 9.17) is 28.4 Å². The van der Waals surface area contributed by atoms with Crippen molar-refractivity contribution < 1.29 is 73.8 Å². The lowest BCUT2D eigenvalue weighted by Crippen LogP contribution is -2.61. The average molecular weight is 889 g/mol. The molecule has 0 bridgehead atoms. The molecule has 15 nitrogen and oxygen atoms in total. The van der Waals surface area contributed by atoms with Crippen LogP contribution in [0.15, 0.2) is 24.3 Å². The van der Waals surface area contributed by atoms with E-state index in [0.717, 1.165) is 64.2 Å². The third-order valence-electron chi connectivity index (χ3n) is 11.4. The molecular weight excluding hydrogens is 805 g/mol. The Morgan fingerprint density at radius 3 is 1.42 bits per heavy atom. The number of carbonyl (C=O) groups is 2. The van der Waals surface area contributed by atoms with E-state index in [9.17, 15) is 45.3 Å². The summed E-state index contributed by atoms with van der Waals surface area (Å²) >= 11 is 0. The Hall–Kier alpha value is -2.02. The number of ether oxygens (including phenoxy) is 6. The predicted octanol–water partition coefficient (Wildman–Crippen LogP) is 5.60. The minimum atomic E-state index is -1.76. The first-order valence-corrected chi connectivity index (χ1v) is 23.9. The second kappa shape index (κ2) is 35.3. The summed E-state index contributed by atoms with van der Waals surface area (Å²) in [4.78, 5) is 25.6. The molecule has 0 aromatic carbocycles. The van der Waals surface area contributed by atoms with Crippen LogP contribution in [0.3, 0.4) is 0 Å². The lowest BCUT2D eigenvalue weighted by atomic mass is 9.98. The topological polar surface area (TPSA) is 231 Å². The molecule has 2 saturated heterocycles. The molecule has 0 amide bonds. The summed E-state index contributed by atoms with van der Waals surface area (Å²) in [7, 11) is 0. The fourth-order valence-electron chi connectivity index (χ4n) is 7.35. The van der Waals surface area contributed by atoms with Gasteiger partial charge in [0.15, 0.2) is 18.7 Å². The van der Waals surface area contributed by atoms with Gasteiger partial charge in [0.1, 0.15) is 55.4 Å². The van der Waals surface area contributed by atoms with E-state index in [1.54, 1.807) is 0 Å². The lowest BCUT2D eigenvalue weighted by molar-refractivity contribution is -0.332. The van der Waals surface area contributed by atoms with Crippen molar-refractivity contribution >= 4 is 11.9 Å². The molecule has 0 aromatic rings. The van der Waals surface area contributed by atoms with Crippen molar-refractivity contribution in [1.82, 2.24) is 0 Å². The molecule has 0 radical (unpaired) electrons. The predicted molar refractivity (Wildman–Crippen MR) is 234 cm³/mol. The fraction of sp³-hybridized carbons (Fsp3) is 0.872. The van der Waals surface area contributed by atoms with Crippen LogP contribution in [0.25, 0.3) is 0 Å². The number of aliphatic hydroxyl groups is 7. The maximum Gasteiger partial charge on any atom is 0.306 e. The standard InChI is InChI=1S/C47H84O15/c1-3-5-7-9-11-13-15-16-17-18-20-21-23-25-27-29-38(49)57-32-35(60-39(50)30-28-26-24-22-19-14-12-10-8-6-4-2)33-58-46-45(56)43(54)41(52)37(62-46)34-59-47-44(55)42(53)40(51)36(31-48)61-47/h9-12,35-37,40-48,51-56H,3-8,13-34H2,1-2H3/b11-9+,12-10+/t35-,36-,37-,40+,41+,42?,43?,44?,45?,46-,47-/m1/s1. The second-order valence-electron chi connectivity index (χ2n) is 16.9. The summed E-state index contributed by atoms with van der Waals surface area (Å²) in [5, 5.41) is 71.9. The Kier molecular flexibility index (Phi) is 31.9. The molecule has 2 heterocycles. The normalized spacial score (nSPS) is 27.2. The van der Waals surface area contributed by atoms with Crippen molar-refractivity contribution in [2.24, 2.45) is 0 Å². The number of aliphatic hydroxyl groups excluding tert-OH is 7. The Morgan fingerprint density at radius 2 is 0.919 bits per heavy atom. The summed E-state index contributed by atoms with van der Waals surface area (Å²) in [6.07, 6.45) is 16.5. The third-order valence-corrected chi connectivity index (χ3v) is 11.4. The van der Waals surface area contributed by atoms with Crippen molar-refractivity contribution in [2.45, 2.75) is 235 Å². The van der Waals surface area contributed by atoms with Gasteiger partial charge >= 0.3 is 11.9 Å². The first-order chi connectivity index (χ1) is 30.0. The SMILES string of the molecule is CCCC/C=C/CCCCCCCCCCCC(=O)OC[C@H](CO[C@@H]1O[C@H](CO[C@@H]2O[C@H](CO)[C@H](O)C(O)C2O)[C@H](O)C(O)C1O)OC(=O)CCCCCCC/C=C/CCCC. The first kappa shape index (κ1) is 56.1. The van der Waals surface area contributed by atoms with Crippen LogP contribution in [-0.2, 0) is 38.0 Å². The van der Waals surface area contributed by atoms with E-state index in [0.29, 0.717) is 12.8 Å². The van der Waals surface area contributed by atoms with Crippen LogP contribution >= 0.6 is 0 Å². The lowest BCUT2D eigenvalue weighted by Gasteiger charge is -2.42. The molecule has 7 N–H and O–H groups in total. The van der Waals surface area contributed by atoms with Crippen molar-refractivity contribution in [1.29, 1.82) is 0 Å². The summed E-state index contributed by atoms with van der Waals surface area (Å²) in [6, 6.07) is 0. The molecule has 4 unspecified atom stereocenters. The number of allylic oxidation sites excluding steroid dienone is 4. The molecule has 0 aliphatic carbocycles. The van der Waals surface area contributed by atoms with E-state index in [2.05, 4.69) is 38.2 Å². The Bertz CT molecular complexity index is 1180. The maximum atomic E-state index is 12.9. The quantitative estimate of drug-likeness (QED) is 0.0231. The van der Waals surface area contributed by atoms with Crippen LogP contribution in [0.5, 0.6) is 0 Å². The van der Waals surface area contributed by atoms with Gasteiger partial charge in [-0.25, -0.2) is 0 Å². The highest BCUT2D eigenvalue weighted by Gasteiger charge is 2.47. The highest BCUT2D eigenvalue weighted by atomic mass is 16.7. The second-order valence-corrected chi connectivity index (χ2v) is 16.9. The van der Waals surface area contributed by atoms with Gasteiger partial charge in [0.25, 0.3) is 0 Å². The summed E-state index contributed by atoms with van der Waals surface area (Å²) in [5.74, 6) is -0.938. The van der Waals surface area contributed by atoms with Crippen molar-refractivity contribution in [3.05, 3.63) is 24.3 Å². The Balaban J connectivity index is 1.83. The van der Waals surface area contributed by atoms with E-state index in [1.165, 1.54) is 64.2 Å². The van der Waals surface area contributed by atoms with Gasteiger partial charge in [-0.15, -0.1) is 0 Å². The molecular formula is C47H84O15. The molecule has 2 aliphatic heterocycles. The summed E-state index contributed by atoms with van der Waals surface area (Å²) in [5.41, 5.74) is 0. The van der Waals surface area contributed by atoms with Gasteiger partial charge in [0.2, 0.25) is 0 Å². The van der Waals surface area contributed by atoms with Gasteiger partial charge in [-0.3, -0.25) is 9.59 Å². The van der Waals surface area contributed by atoms with Gasteiger partial charge in [0, 0.05) is 12.8 Å². The molecule has 0 spiro atoms. The van der Waals surface area contributed by atoms with Gasteiger partial charge in [-0.1, -0.05) is 128 Å². The average Bonchev–Trinajstić information content (AvgIpc) is 3.26. The van der Waals surface area contributed by atoms with E-state index in [1.807, 2.05) is 0 Å². The van der Waals surface area contributed by atoms with E-state index < -0.39 is 92.7 Å². The van der Waals surface area contributed by atoms with Crippen LogP contribution in [0.2, 0.25) is 0 Å². The van der Waals surface area contributed by atoms with Crippen LogP contribution < -0.4 is 0 Å². The summed E-state index contributed by atoms with van der Waals surface area (Å²) in [6.45, 7) is 2.50. The highest BCUT2D eigenvalue weighted by Crippen LogP contribution is 2.26. The van der Waals surface area contributed by atoms with E-state index >= 15 is 0 Å². The van der Waals surface area contributed by atoms with Gasteiger partial charge < -0.3 is 64.2 Å². The van der Waals surface area contributed by atoms with Crippen LogP contribution in [-0.4, -0.2) is 142 Å². The van der Waals surface area contributed by atoms with Crippen molar-refractivity contribution in [3.8, 4) is 0 Å². The van der Waals surface area contributed by atoms with Crippen LogP contribution in [0.1, 0.15) is 168 Å². The number of hydrogen-bond donors (Lipinski definition) is 7. The van der Waals surface area contributed by atoms with Gasteiger partial charge in [-0.05, 0) is 51.4 Å². The molecule has 2 fully saturated rings. The third kappa shape index (κ3) is 23.8. The first-order valence-electron chi connectivity index (χ1n) is 23.9. The van der Waals surface area contributed by atoms with Crippen molar-refractivity contribution in [3.63, 3.8) is 0 Å². The molecule has 2 rings (SSSR count).